The molecule has 1 N–H and O–H groups in total. The molecule has 17 heavy (non-hydrogen) atoms. The lowest BCUT2D eigenvalue weighted by Crippen LogP contribution is -2.24. The van der Waals surface area contributed by atoms with E-state index in [9.17, 15) is 5.11 Å². The van der Waals surface area contributed by atoms with Crippen LogP contribution in [0.25, 0.3) is 0 Å². The van der Waals surface area contributed by atoms with Crippen molar-refractivity contribution in [2.75, 3.05) is 0 Å². The number of hydrogen-bond acceptors (Lipinski definition) is 1. The molecule has 86 valence electrons. The van der Waals surface area contributed by atoms with Crippen molar-refractivity contribution >= 4 is 11.6 Å². The maximum absolute atomic E-state index is 10.9. The molecule has 2 heteroatoms. The van der Waals surface area contributed by atoms with Gasteiger partial charge < -0.3 is 5.11 Å². The van der Waals surface area contributed by atoms with Crippen LogP contribution in [0.4, 0.5) is 0 Å². The number of aryl methyl sites for hydroxylation is 1. The molecule has 1 nitrogen and oxygen atoms in total. The number of halogens is 1. The monoisotopic (exact) mass is 244 g/mol. The fourth-order valence-electron chi connectivity index (χ4n) is 2.67. The molecule has 1 atom stereocenters. The average Bonchev–Trinajstić information content (AvgIpc) is 2.70. The lowest BCUT2D eigenvalue weighted by atomic mass is 9.88. The third-order valence-corrected chi connectivity index (χ3v) is 3.87. The maximum atomic E-state index is 10.9. The normalized spacial score (nSPS) is 22.5. The molecular weight excluding hydrogens is 232 g/mol. The van der Waals surface area contributed by atoms with Crippen molar-refractivity contribution in [1.82, 2.24) is 0 Å². The molecule has 0 aromatic heterocycles. The van der Waals surface area contributed by atoms with E-state index in [1.54, 1.807) is 0 Å². The first kappa shape index (κ1) is 10.8. The molecule has 2 aromatic rings. The van der Waals surface area contributed by atoms with Crippen LogP contribution in [0.3, 0.4) is 0 Å². The van der Waals surface area contributed by atoms with Gasteiger partial charge in [-0.15, -0.1) is 0 Å². The highest BCUT2D eigenvalue weighted by atomic mass is 35.5. The van der Waals surface area contributed by atoms with E-state index < -0.39 is 5.60 Å². The summed E-state index contributed by atoms with van der Waals surface area (Å²) in [6.45, 7) is 0. The Kier molecular flexibility index (Phi) is 2.46. The van der Waals surface area contributed by atoms with E-state index in [0.717, 1.165) is 17.5 Å². The van der Waals surface area contributed by atoms with E-state index in [2.05, 4.69) is 6.07 Å². The predicted molar refractivity (Wildman–Crippen MR) is 69.2 cm³/mol. The van der Waals surface area contributed by atoms with Gasteiger partial charge in [0.15, 0.2) is 0 Å². The molecule has 0 saturated carbocycles. The molecule has 1 unspecified atom stereocenters. The van der Waals surface area contributed by atoms with E-state index in [0.29, 0.717) is 11.4 Å². The van der Waals surface area contributed by atoms with Gasteiger partial charge in [0.1, 0.15) is 5.60 Å². The Morgan fingerprint density at radius 2 is 1.59 bits per heavy atom. The van der Waals surface area contributed by atoms with Crippen molar-refractivity contribution in [3.05, 3.63) is 70.2 Å². The minimum Gasteiger partial charge on any atom is -0.380 e. The first-order valence-electron chi connectivity index (χ1n) is 5.77. The van der Waals surface area contributed by atoms with Gasteiger partial charge >= 0.3 is 0 Å². The van der Waals surface area contributed by atoms with Gasteiger partial charge in [-0.25, -0.2) is 0 Å². The van der Waals surface area contributed by atoms with Crippen molar-refractivity contribution in [2.24, 2.45) is 0 Å². The van der Waals surface area contributed by atoms with E-state index in [4.69, 9.17) is 11.6 Å². The molecule has 0 bridgehead atoms. The third kappa shape index (κ3) is 1.58. The average molecular weight is 245 g/mol. The summed E-state index contributed by atoms with van der Waals surface area (Å²) in [6.07, 6.45) is 1.61. The molecule has 0 fully saturated rings. The Hall–Kier alpha value is -1.31. The molecule has 0 saturated heterocycles. The molecule has 0 radical (unpaired) electrons. The van der Waals surface area contributed by atoms with Gasteiger partial charge in [-0.05, 0) is 30.0 Å². The molecule has 2 aromatic carbocycles. The summed E-state index contributed by atoms with van der Waals surface area (Å²) in [7, 11) is 0. The van der Waals surface area contributed by atoms with Gasteiger partial charge in [-0.3, -0.25) is 0 Å². The molecule has 1 aliphatic carbocycles. The molecule has 0 aliphatic heterocycles. The fraction of sp³-hybridized carbons (Fsp3) is 0.200. The summed E-state index contributed by atoms with van der Waals surface area (Å²) >= 11 is 6.20. The first-order chi connectivity index (χ1) is 8.22. The Morgan fingerprint density at radius 3 is 2.35 bits per heavy atom. The molecule has 1 aliphatic rings. The Morgan fingerprint density at radius 1 is 0.941 bits per heavy atom. The van der Waals surface area contributed by atoms with Crippen LogP contribution >= 0.6 is 11.6 Å². The van der Waals surface area contributed by atoms with Crippen molar-refractivity contribution < 1.29 is 5.11 Å². The van der Waals surface area contributed by atoms with E-state index in [1.807, 2.05) is 42.5 Å². The minimum absolute atomic E-state index is 0.631. The summed E-state index contributed by atoms with van der Waals surface area (Å²) in [4.78, 5) is 0. The number of benzene rings is 2. The second-order valence-electron chi connectivity index (χ2n) is 4.50. The Bertz CT molecular complexity index is 564. The minimum atomic E-state index is -0.922. The zero-order valence-corrected chi connectivity index (χ0v) is 10.1. The van der Waals surface area contributed by atoms with Gasteiger partial charge in [-0.1, -0.05) is 54.1 Å². The van der Waals surface area contributed by atoms with Crippen LogP contribution < -0.4 is 0 Å². The fourth-order valence-corrected chi connectivity index (χ4v) is 2.96. The van der Waals surface area contributed by atoms with Crippen LogP contribution in [0, 0.1) is 0 Å². The number of hydrogen-bond donors (Lipinski definition) is 1. The van der Waals surface area contributed by atoms with Crippen LogP contribution in [0.15, 0.2) is 48.5 Å². The predicted octanol–water partition coefficient (Wildman–Crippen LogP) is 3.52. The van der Waals surface area contributed by atoms with Crippen molar-refractivity contribution in [3.63, 3.8) is 0 Å². The van der Waals surface area contributed by atoms with Crippen LogP contribution in [0.1, 0.15) is 23.1 Å². The van der Waals surface area contributed by atoms with Crippen LogP contribution in [-0.4, -0.2) is 5.11 Å². The second kappa shape index (κ2) is 3.86. The summed E-state index contributed by atoms with van der Waals surface area (Å²) in [5, 5.41) is 11.5. The van der Waals surface area contributed by atoms with E-state index >= 15 is 0 Å². The standard InChI is InChI=1S/C15H13ClO/c16-14-8-4-3-7-13(14)15(17)10-9-11-5-1-2-6-12(11)15/h1-8,17H,9-10H2. The van der Waals surface area contributed by atoms with Crippen LogP contribution in [-0.2, 0) is 12.0 Å². The van der Waals surface area contributed by atoms with Crippen LogP contribution in [0.5, 0.6) is 0 Å². The molecule has 0 spiro atoms. The van der Waals surface area contributed by atoms with Crippen molar-refractivity contribution in [3.8, 4) is 0 Å². The SMILES string of the molecule is OC1(c2ccccc2Cl)CCc2ccccc21. The van der Waals surface area contributed by atoms with Gasteiger partial charge in [0, 0.05) is 10.6 Å². The molecular formula is C15H13ClO. The maximum Gasteiger partial charge on any atom is 0.117 e. The number of fused-ring (bicyclic) bond motifs is 1. The van der Waals surface area contributed by atoms with Gasteiger partial charge in [-0.2, -0.15) is 0 Å². The largest absolute Gasteiger partial charge is 0.380 e. The van der Waals surface area contributed by atoms with E-state index in [-0.39, 0.29) is 0 Å². The van der Waals surface area contributed by atoms with E-state index in [1.165, 1.54) is 5.56 Å². The Labute approximate surface area is 106 Å². The topological polar surface area (TPSA) is 20.2 Å². The first-order valence-corrected chi connectivity index (χ1v) is 6.15. The number of aliphatic hydroxyl groups is 1. The highest BCUT2D eigenvalue weighted by Crippen LogP contribution is 2.43. The zero-order valence-electron chi connectivity index (χ0n) is 9.36. The lowest BCUT2D eigenvalue weighted by Gasteiger charge is -2.25. The molecule has 0 amide bonds. The second-order valence-corrected chi connectivity index (χ2v) is 4.90. The summed E-state index contributed by atoms with van der Waals surface area (Å²) < 4.78 is 0. The summed E-state index contributed by atoms with van der Waals surface area (Å²) in [6, 6.07) is 15.6. The van der Waals surface area contributed by atoms with Crippen molar-refractivity contribution in [2.45, 2.75) is 18.4 Å². The third-order valence-electron chi connectivity index (χ3n) is 3.54. The highest BCUT2D eigenvalue weighted by molar-refractivity contribution is 6.31. The molecule has 0 heterocycles. The van der Waals surface area contributed by atoms with Gasteiger partial charge in [0.2, 0.25) is 0 Å². The Balaban J connectivity index is 2.19. The zero-order chi connectivity index (χ0) is 11.9. The van der Waals surface area contributed by atoms with Gasteiger partial charge in [0.25, 0.3) is 0 Å². The van der Waals surface area contributed by atoms with Gasteiger partial charge in [0.05, 0.1) is 0 Å². The van der Waals surface area contributed by atoms with Crippen LogP contribution in [0.2, 0.25) is 5.02 Å². The lowest BCUT2D eigenvalue weighted by molar-refractivity contribution is 0.0830. The van der Waals surface area contributed by atoms with Crippen molar-refractivity contribution in [1.29, 1.82) is 0 Å². The summed E-state index contributed by atoms with van der Waals surface area (Å²) in [5.41, 5.74) is 2.10. The smallest absolute Gasteiger partial charge is 0.117 e. The highest BCUT2D eigenvalue weighted by Gasteiger charge is 2.39. The quantitative estimate of drug-likeness (QED) is 0.814. The summed E-state index contributed by atoms with van der Waals surface area (Å²) in [5.74, 6) is 0. The molecule has 3 rings (SSSR count). The number of rotatable bonds is 1.